The monoisotopic (exact) mass is 377 g/mol. The molecule has 4 aromatic rings. The first kappa shape index (κ1) is 16.6. The Morgan fingerprint density at radius 3 is 2.89 bits per heavy atom. The van der Waals surface area contributed by atoms with Crippen molar-refractivity contribution in [1.29, 1.82) is 0 Å². The summed E-state index contributed by atoms with van der Waals surface area (Å²) in [5.41, 5.74) is 5.46. The molecule has 7 heteroatoms. The maximum absolute atomic E-state index is 6.03. The van der Waals surface area contributed by atoms with Crippen molar-refractivity contribution in [3.8, 4) is 11.1 Å². The first-order valence-corrected chi connectivity index (χ1v) is 9.91. The summed E-state index contributed by atoms with van der Waals surface area (Å²) in [6.07, 6.45) is 5.54. The van der Waals surface area contributed by atoms with Crippen molar-refractivity contribution < 1.29 is 4.74 Å². The number of nitrogens with zero attached hydrogens (tertiary/aromatic N) is 5. The Bertz CT molecular complexity index is 1030. The van der Waals surface area contributed by atoms with E-state index in [4.69, 9.17) is 4.74 Å². The summed E-state index contributed by atoms with van der Waals surface area (Å²) in [6, 6.07) is 10.3. The highest BCUT2D eigenvalue weighted by atomic mass is 32.1. The van der Waals surface area contributed by atoms with Gasteiger partial charge in [-0.05, 0) is 46.2 Å². The number of fused-ring (bicyclic) bond motifs is 1. The molecule has 0 radical (unpaired) electrons. The molecule has 0 aliphatic carbocycles. The average Bonchev–Trinajstić information content (AvgIpc) is 3.38. The maximum atomic E-state index is 6.03. The van der Waals surface area contributed by atoms with Crippen LogP contribution in [0.15, 0.2) is 59.7 Å². The van der Waals surface area contributed by atoms with E-state index in [1.165, 1.54) is 5.56 Å². The largest absolute Gasteiger partial charge is 0.369 e. The lowest BCUT2D eigenvalue weighted by Gasteiger charge is -2.31. The fourth-order valence-corrected chi connectivity index (χ4v) is 4.17. The number of ether oxygens (including phenoxy) is 1. The van der Waals surface area contributed by atoms with Gasteiger partial charge in [0.1, 0.15) is 11.8 Å². The van der Waals surface area contributed by atoms with Crippen LogP contribution >= 0.6 is 11.3 Å². The quantitative estimate of drug-likeness (QED) is 0.545. The van der Waals surface area contributed by atoms with E-state index in [9.17, 15) is 0 Å². The van der Waals surface area contributed by atoms with Crippen molar-refractivity contribution in [2.24, 2.45) is 0 Å². The number of rotatable bonds is 4. The third kappa shape index (κ3) is 3.37. The van der Waals surface area contributed by atoms with Crippen LogP contribution in [-0.4, -0.2) is 44.4 Å². The predicted molar refractivity (Wildman–Crippen MR) is 105 cm³/mol. The van der Waals surface area contributed by atoms with E-state index in [1.807, 2.05) is 22.8 Å². The Morgan fingerprint density at radius 2 is 2.04 bits per heavy atom. The molecule has 5 heterocycles. The molecule has 0 saturated carbocycles. The molecule has 1 atom stereocenters. The molecule has 1 fully saturated rings. The number of morpholine rings is 1. The van der Waals surface area contributed by atoms with Crippen LogP contribution in [-0.2, 0) is 11.3 Å². The molecular weight excluding hydrogens is 358 g/mol. The summed E-state index contributed by atoms with van der Waals surface area (Å²) >= 11 is 1.74. The summed E-state index contributed by atoms with van der Waals surface area (Å²) in [7, 11) is 0. The molecule has 5 rings (SSSR count). The number of hydrogen-bond acceptors (Lipinski definition) is 6. The van der Waals surface area contributed by atoms with Gasteiger partial charge in [-0.1, -0.05) is 11.3 Å². The van der Waals surface area contributed by atoms with Crippen LogP contribution in [0.3, 0.4) is 0 Å². The topological polar surface area (TPSA) is 55.5 Å². The Kier molecular flexibility index (Phi) is 4.41. The van der Waals surface area contributed by atoms with Crippen LogP contribution in [0.1, 0.15) is 17.4 Å². The first-order valence-electron chi connectivity index (χ1n) is 8.97. The molecule has 0 unspecified atom stereocenters. The number of thiophene rings is 1. The lowest BCUT2D eigenvalue weighted by molar-refractivity contribution is -0.0342. The molecule has 4 aromatic heterocycles. The Hall–Kier alpha value is -2.61. The van der Waals surface area contributed by atoms with E-state index >= 15 is 0 Å². The first-order chi connectivity index (χ1) is 13.4. The van der Waals surface area contributed by atoms with Crippen LogP contribution in [0, 0.1) is 0 Å². The van der Waals surface area contributed by atoms with Crippen LogP contribution in [0.25, 0.3) is 16.6 Å². The zero-order chi connectivity index (χ0) is 18.1. The smallest absolute Gasteiger partial charge is 0.121 e. The summed E-state index contributed by atoms with van der Waals surface area (Å²) < 4.78 is 7.87. The summed E-state index contributed by atoms with van der Waals surface area (Å²) in [4.78, 5) is 6.50. The van der Waals surface area contributed by atoms with Gasteiger partial charge in [0.2, 0.25) is 0 Å². The second-order valence-corrected chi connectivity index (χ2v) is 7.46. The Balaban J connectivity index is 1.39. The van der Waals surface area contributed by atoms with Gasteiger partial charge in [-0.25, -0.2) is 4.52 Å². The highest BCUT2D eigenvalue weighted by molar-refractivity contribution is 7.07. The number of aromatic nitrogens is 4. The molecule has 136 valence electrons. The van der Waals surface area contributed by atoms with E-state index in [1.54, 1.807) is 23.7 Å². The molecule has 6 nitrogen and oxygen atoms in total. The molecule has 0 spiro atoms. The molecule has 27 heavy (non-hydrogen) atoms. The SMILES string of the molecule is c1cc(-c2ccc3c([C@H]4CN(Cc5ccsc5)CCO4)nnn3c2)ccn1. The van der Waals surface area contributed by atoms with Crippen molar-refractivity contribution in [3.63, 3.8) is 0 Å². The van der Waals surface area contributed by atoms with Gasteiger partial charge in [0.05, 0.1) is 12.1 Å². The van der Waals surface area contributed by atoms with Crippen LogP contribution in [0.5, 0.6) is 0 Å². The molecule has 1 aliphatic heterocycles. The molecule has 0 N–H and O–H groups in total. The standard InChI is InChI=1S/C20H19N5OS/c1-2-18-20(19-13-24(8-9-26-19)11-15-5-10-27-14-15)22-23-25(18)12-17(1)16-3-6-21-7-4-16/h1-7,10,12,14,19H,8-9,11,13H2/t19-/m1/s1. The molecule has 1 aliphatic rings. The highest BCUT2D eigenvalue weighted by Gasteiger charge is 2.26. The van der Waals surface area contributed by atoms with Crippen molar-refractivity contribution in [3.05, 3.63) is 70.9 Å². The second-order valence-electron chi connectivity index (χ2n) is 6.68. The van der Waals surface area contributed by atoms with Crippen molar-refractivity contribution >= 4 is 16.9 Å². The fourth-order valence-electron chi connectivity index (χ4n) is 3.51. The summed E-state index contributed by atoms with van der Waals surface area (Å²) in [5.74, 6) is 0. The van der Waals surface area contributed by atoms with Gasteiger partial charge in [0, 0.05) is 43.8 Å². The van der Waals surface area contributed by atoms with Gasteiger partial charge in [-0.2, -0.15) is 11.3 Å². The maximum Gasteiger partial charge on any atom is 0.121 e. The van der Waals surface area contributed by atoms with Gasteiger partial charge in [-0.3, -0.25) is 9.88 Å². The molecule has 0 amide bonds. The normalized spacial score (nSPS) is 18.1. The number of hydrogen-bond donors (Lipinski definition) is 0. The zero-order valence-electron chi connectivity index (χ0n) is 14.7. The van der Waals surface area contributed by atoms with Gasteiger partial charge < -0.3 is 4.74 Å². The Morgan fingerprint density at radius 1 is 1.11 bits per heavy atom. The molecule has 0 bridgehead atoms. The summed E-state index contributed by atoms with van der Waals surface area (Å²) in [5, 5.41) is 13.1. The minimum Gasteiger partial charge on any atom is -0.369 e. The van der Waals surface area contributed by atoms with E-state index in [-0.39, 0.29) is 6.10 Å². The number of pyridine rings is 2. The highest BCUT2D eigenvalue weighted by Crippen LogP contribution is 2.27. The predicted octanol–water partition coefficient (Wildman–Crippen LogP) is 3.43. The minimum absolute atomic E-state index is 0.0540. The zero-order valence-corrected chi connectivity index (χ0v) is 15.5. The van der Waals surface area contributed by atoms with E-state index < -0.39 is 0 Å². The van der Waals surface area contributed by atoms with Crippen molar-refractivity contribution in [2.75, 3.05) is 19.7 Å². The second kappa shape index (κ2) is 7.19. The van der Waals surface area contributed by atoms with Crippen LogP contribution in [0.2, 0.25) is 0 Å². The lowest BCUT2D eigenvalue weighted by Crippen LogP contribution is -2.37. The minimum atomic E-state index is -0.0540. The average molecular weight is 377 g/mol. The van der Waals surface area contributed by atoms with Crippen LogP contribution in [0.4, 0.5) is 0 Å². The third-order valence-electron chi connectivity index (χ3n) is 4.90. The van der Waals surface area contributed by atoms with Crippen LogP contribution < -0.4 is 0 Å². The van der Waals surface area contributed by atoms with E-state index in [2.05, 4.69) is 49.2 Å². The molecule has 0 aromatic carbocycles. The third-order valence-corrected chi connectivity index (χ3v) is 5.63. The van der Waals surface area contributed by atoms with Gasteiger partial charge in [-0.15, -0.1) is 5.10 Å². The van der Waals surface area contributed by atoms with Crippen molar-refractivity contribution in [1.82, 2.24) is 24.7 Å². The molecule has 1 saturated heterocycles. The van der Waals surface area contributed by atoms with Gasteiger partial charge in [0.25, 0.3) is 0 Å². The Labute approximate surface area is 161 Å². The van der Waals surface area contributed by atoms with Gasteiger partial charge in [0.15, 0.2) is 0 Å². The fraction of sp³-hybridized carbons (Fsp3) is 0.250. The van der Waals surface area contributed by atoms with E-state index in [0.29, 0.717) is 6.61 Å². The lowest BCUT2D eigenvalue weighted by atomic mass is 10.1. The van der Waals surface area contributed by atoms with Gasteiger partial charge >= 0.3 is 0 Å². The van der Waals surface area contributed by atoms with Crippen molar-refractivity contribution in [2.45, 2.75) is 12.6 Å². The summed E-state index contributed by atoms with van der Waals surface area (Å²) in [6.45, 7) is 3.44. The molecular formula is C20H19N5OS. The van der Waals surface area contributed by atoms with E-state index in [0.717, 1.165) is 42.0 Å².